The Kier molecular flexibility index (Phi) is 3.48. The molecule has 0 saturated heterocycles. The van der Waals surface area contributed by atoms with E-state index in [1.165, 1.54) is 36.9 Å². The maximum Gasteiger partial charge on any atom is 0.137 e. The predicted octanol–water partition coefficient (Wildman–Crippen LogP) is 3.51. The molecule has 2 aliphatic carbocycles. The molecule has 3 nitrogen and oxygen atoms in total. The number of ether oxygens (including phenoxy) is 1. The van der Waals surface area contributed by atoms with Crippen molar-refractivity contribution in [1.82, 2.24) is 9.97 Å². The van der Waals surface area contributed by atoms with Crippen molar-refractivity contribution >= 4 is 12.2 Å². The third kappa shape index (κ3) is 2.36. The van der Waals surface area contributed by atoms with Crippen LogP contribution in [0.3, 0.4) is 0 Å². The van der Waals surface area contributed by atoms with Gasteiger partial charge in [-0.25, -0.2) is 4.98 Å². The van der Waals surface area contributed by atoms with Gasteiger partial charge in [-0.1, -0.05) is 12.2 Å². The SMILES string of the molecule is CCOC(c1nc(=S)c2c([nH]1)CCCC2)C1CC1. The summed E-state index contributed by atoms with van der Waals surface area (Å²) in [6.07, 6.45) is 7.32. The number of aromatic nitrogens is 2. The molecule has 0 amide bonds. The standard InChI is InChI=1S/C14H20N2OS/c1-2-17-12(9-7-8-9)13-15-11-6-4-3-5-10(11)14(18)16-13/h9,12H,2-8H2,1H3,(H,15,16,18). The average Bonchev–Trinajstić information content (AvgIpc) is 3.20. The van der Waals surface area contributed by atoms with Crippen LogP contribution in [0.25, 0.3) is 0 Å². The zero-order valence-corrected chi connectivity index (χ0v) is 11.7. The number of fused-ring (bicyclic) bond motifs is 1. The van der Waals surface area contributed by atoms with E-state index >= 15 is 0 Å². The third-order valence-corrected chi connectivity index (χ3v) is 4.23. The van der Waals surface area contributed by atoms with Gasteiger partial charge >= 0.3 is 0 Å². The first kappa shape index (κ1) is 12.3. The summed E-state index contributed by atoms with van der Waals surface area (Å²) in [6, 6.07) is 0. The van der Waals surface area contributed by atoms with E-state index in [-0.39, 0.29) is 6.10 Å². The van der Waals surface area contributed by atoms with E-state index in [9.17, 15) is 0 Å². The molecule has 3 rings (SSSR count). The minimum Gasteiger partial charge on any atom is -0.370 e. The molecule has 4 heteroatoms. The molecule has 0 aliphatic heterocycles. The number of H-pyrrole nitrogens is 1. The summed E-state index contributed by atoms with van der Waals surface area (Å²) in [6.45, 7) is 2.78. The summed E-state index contributed by atoms with van der Waals surface area (Å²) in [5, 5.41) is 0. The van der Waals surface area contributed by atoms with E-state index in [4.69, 9.17) is 17.0 Å². The van der Waals surface area contributed by atoms with Gasteiger partial charge in [0.1, 0.15) is 16.6 Å². The Morgan fingerprint density at radius 1 is 1.39 bits per heavy atom. The lowest BCUT2D eigenvalue weighted by Crippen LogP contribution is -2.16. The van der Waals surface area contributed by atoms with E-state index in [1.54, 1.807) is 0 Å². The number of rotatable bonds is 4. The van der Waals surface area contributed by atoms with Crippen molar-refractivity contribution in [1.29, 1.82) is 0 Å². The monoisotopic (exact) mass is 264 g/mol. The summed E-state index contributed by atoms with van der Waals surface area (Å²) in [5.74, 6) is 1.61. The van der Waals surface area contributed by atoms with Gasteiger partial charge < -0.3 is 9.72 Å². The van der Waals surface area contributed by atoms with Gasteiger partial charge in [0.25, 0.3) is 0 Å². The number of nitrogens with zero attached hydrogens (tertiary/aromatic N) is 1. The first-order valence-corrected chi connectivity index (χ1v) is 7.44. The first-order valence-electron chi connectivity index (χ1n) is 7.03. The molecule has 2 aliphatic rings. The largest absolute Gasteiger partial charge is 0.370 e. The Morgan fingerprint density at radius 2 is 2.17 bits per heavy atom. The fourth-order valence-electron chi connectivity index (χ4n) is 2.79. The molecule has 1 saturated carbocycles. The Labute approximate surface area is 113 Å². The van der Waals surface area contributed by atoms with Crippen molar-refractivity contribution < 1.29 is 4.74 Å². The molecule has 1 aromatic heterocycles. The van der Waals surface area contributed by atoms with Crippen molar-refractivity contribution in [2.75, 3.05) is 6.61 Å². The minimum absolute atomic E-state index is 0.129. The second-order valence-electron chi connectivity index (χ2n) is 5.30. The van der Waals surface area contributed by atoms with Gasteiger partial charge in [-0.2, -0.15) is 0 Å². The number of aromatic amines is 1. The van der Waals surface area contributed by atoms with E-state index in [2.05, 4.69) is 9.97 Å². The Balaban J connectivity index is 1.96. The molecule has 0 radical (unpaired) electrons. The summed E-state index contributed by atoms with van der Waals surface area (Å²) in [7, 11) is 0. The van der Waals surface area contributed by atoms with E-state index < -0.39 is 0 Å². The predicted molar refractivity (Wildman–Crippen MR) is 73.2 cm³/mol. The average molecular weight is 264 g/mol. The fraction of sp³-hybridized carbons (Fsp3) is 0.714. The van der Waals surface area contributed by atoms with E-state index in [0.29, 0.717) is 5.92 Å². The molecule has 18 heavy (non-hydrogen) atoms. The van der Waals surface area contributed by atoms with Crippen LogP contribution in [0.4, 0.5) is 0 Å². The van der Waals surface area contributed by atoms with Crippen molar-refractivity contribution in [2.45, 2.75) is 51.6 Å². The lowest BCUT2D eigenvalue weighted by molar-refractivity contribution is 0.0397. The molecule has 1 atom stereocenters. The molecule has 0 bridgehead atoms. The molecule has 0 aromatic carbocycles. The fourth-order valence-corrected chi connectivity index (χ4v) is 3.11. The highest BCUT2D eigenvalue weighted by Gasteiger charge is 2.35. The summed E-state index contributed by atoms with van der Waals surface area (Å²) < 4.78 is 6.65. The summed E-state index contributed by atoms with van der Waals surface area (Å²) in [5.41, 5.74) is 2.58. The number of aryl methyl sites for hydroxylation is 1. The van der Waals surface area contributed by atoms with Crippen LogP contribution < -0.4 is 0 Å². The number of nitrogens with one attached hydrogen (secondary N) is 1. The van der Waals surface area contributed by atoms with Gasteiger partial charge in [0.15, 0.2) is 0 Å². The zero-order valence-electron chi connectivity index (χ0n) is 10.9. The van der Waals surface area contributed by atoms with Crippen molar-refractivity contribution in [2.24, 2.45) is 5.92 Å². The quantitative estimate of drug-likeness (QED) is 0.846. The molecule has 1 unspecified atom stereocenters. The Hall–Kier alpha value is -0.740. The molecular weight excluding hydrogens is 244 g/mol. The molecule has 1 fully saturated rings. The van der Waals surface area contributed by atoms with Crippen LogP contribution in [-0.4, -0.2) is 16.6 Å². The normalized spacial score (nSPS) is 20.5. The molecule has 1 N–H and O–H groups in total. The summed E-state index contributed by atoms with van der Waals surface area (Å²) >= 11 is 5.45. The highest BCUT2D eigenvalue weighted by Crippen LogP contribution is 2.42. The second kappa shape index (κ2) is 5.10. The van der Waals surface area contributed by atoms with Crippen LogP contribution in [0, 0.1) is 10.6 Å². The van der Waals surface area contributed by atoms with Gasteiger partial charge in [0, 0.05) is 17.9 Å². The second-order valence-corrected chi connectivity index (χ2v) is 5.69. The van der Waals surface area contributed by atoms with Crippen LogP contribution in [0.1, 0.15) is 55.8 Å². The maximum atomic E-state index is 5.86. The number of hydrogen-bond donors (Lipinski definition) is 1. The lowest BCUT2D eigenvalue weighted by atomic mass is 9.97. The highest BCUT2D eigenvalue weighted by atomic mass is 32.1. The van der Waals surface area contributed by atoms with Crippen LogP contribution in [-0.2, 0) is 17.6 Å². The van der Waals surface area contributed by atoms with Crippen molar-refractivity contribution in [3.63, 3.8) is 0 Å². The van der Waals surface area contributed by atoms with Gasteiger partial charge in [-0.05, 0) is 51.4 Å². The van der Waals surface area contributed by atoms with Crippen LogP contribution >= 0.6 is 12.2 Å². The molecule has 0 spiro atoms. The van der Waals surface area contributed by atoms with Gasteiger partial charge in [0.05, 0.1) is 0 Å². The Bertz CT molecular complexity index is 493. The third-order valence-electron chi connectivity index (χ3n) is 3.89. The van der Waals surface area contributed by atoms with Crippen LogP contribution in [0.5, 0.6) is 0 Å². The first-order chi connectivity index (χ1) is 8.79. The van der Waals surface area contributed by atoms with Crippen molar-refractivity contribution in [3.05, 3.63) is 21.7 Å². The Morgan fingerprint density at radius 3 is 2.89 bits per heavy atom. The summed E-state index contributed by atoms with van der Waals surface area (Å²) in [4.78, 5) is 8.11. The van der Waals surface area contributed by atoms with Crippen LogP contribution in [0.2, 0.25) is 0 Å². The topological polar surface area (TPSA) is 37.9 Å². The van der Waals surface area contributed by atoms with Crippen molar-refractivity contribution in [3.8, 4) is 0 Å². The van der Waals surface area contributed by atoms with Crippen LogP contribution in [0.15, 0.2) is 0 Å². The van der Waals surface area contributed by atoms with Gasteiger partial charge in [-0.15, -0.1) is 0 Å². The van der Waals surface area contributed by atoms with E-state index in [1.807, 2.05) is 6.92 Å². The highest BCUT2D eigenvalue weighted by molar-refractivity contribution is 7.71. The molecule has 1 aromatic rings. The van der Waals surface area contributed by atoms with Gasteiger partial charge in [0.2, 0.25) is 0 Å². The lowest BCUT2D eigenvalue weighted by Gasteiger charge is -2.20. The minimum atomic E-state index is 0.129. The van der Waals surface area contributed by atoms with Gasteiger partial charge in [-0.3, -0.25) is 0 Å². The number of hydrogen-bond acceptors (Lipinski definition) is 3. The maximum absolute atomic E-state index is 5.86. The molecule has 98 valence electrons. The van der Waals surface area contributed by atoms with E-state index in [0.717, 1.165) is 29.9 Å². The smallest absolute Gasteiger partial charge is 0.137 e. The molecular formula is C14H20N2OS. The zero-order chi connectivity index (χ0) is 12.5. The molecule has 1 heterocycles.